The van der Waals surface area contributed by atoms with Gasteiger partial charge in [0.1, 0.15) is 5.60 Å². The summed E-state index contributed by atoms with van der Waals surface area (Å²) in [4.78, 5) is 15.1. The highest BCUT2D eigenvalue weighted by atomic mass is 19.1. The van der Waals surface area contributed by atoms with Gasteiger partial charge in [-0.3, -0.25) is 4.79 Å². The highest BCUT2D eigenvalue weighted by molar-refractivity contribution is 5.89. The summed E-state index contributed by atoms with van der Waals surface area (Å²) in [5, 5.41) is 0.775. The van der Waals surface area contributed by atoms with E-state index < -0.39 is 11.4 Å². The normalized spacial score (nSPS) is 11.7. The van der Waals surface area contributed by atoms with Crippen molar-refractivity contribution in [1.82, 2.24) is 4.98 Å². The van der Waals surface area contributed by atoms with Gasteiger partial charge < -0.3 is 14.5 Å². The van der Waals surface area contributed by atoms with Crippen molar-refractivity contribution >= 4 is 16.9 Å². The van der Waals surface area contributed by atoms with E-state index in [1.165, 1.54) is 13.2 Å². The quantitative estimate of drug-likeness (QED) is 0.881. The Morgan fingerprint density at radius 2 is 2.00 bits per heavy atom. The van der Waals surface area contributed by atoms with E-state index in [-0.39, 0.29) is 18.1 Å². The molecule has 2 rings (SSSR count). The third-order valence-electron chi connectivity index (χ3n) is 3.13. The van der Waals surface area contributed by atoms with Gasteiger partial charge in [0.2, 0.25) is 0 Å². The van der Waals surface area contributed by atoms with Gasteiger partial charge >= 0.3 is 5.97 Å². The number of benzene rings is 1. The van der Waals surface area contributed by atoms with Crippen molar-refractivity contribution in [2.45, 2.75) is 39.7 Å². The molecule has 0 saturated carbocycles. The van der Waals surface area contributed by atoms with Crippen molar-refractivity contribution in [3.8, 4) is 5.75 Å². The topological polar surface area (TPSA) is 51.3 Å². The van der Waals surface area contributed by atoms with Crippen LogP contribution >= 0.6 is 0 Å². The number of ether oxygens (including phenoxy) is 2. The van der Waals surface area contributed by atoms with Crippen LogP contribution in [0.4, 0.5) is 4.39 Å². The Morgan fingerprint density at radius 1 is 1.33 bits per heavy atom. The number of halogens is 1. The van der Waals surface area contributed by atoms with E-state index in [0.717, 1.165) is 16.6 Å². The van der Waals surface area contributed by atoms with Crippen molar-refractivity contribution in [2.75, 3.05) is 7.11 Å². The Balaban J connectivity index is 2.39. The van der Waals surface area contributed by atoms with E-state index in [2.05, 4.69) is 4.98 Å². The molecule has 1 N–H and O–H groups in total. The summed E-state index contributed by atoms with van der Waals surface area (Å²) in [5.41, 5.74) is 1.74. The molecule has 1 aromatic carbocycles. The van der Waals surface area contributed by atoms with E-state index in [1.807, 2.05) is 27.7 Å². The van der Waals surface area contributed by atoms with Crippen LogP contribution in [0.25, 0.3) is 10.9 Å². The fraction of sp³-hybridized carbons (Fsp3) is 0.438. The number of aromatic nitrogens is 1. The zero-order valence-electron chi connectivity index (χ0n) is 13.0. The second-order valence-corrected chi connectivity index (χ2v) is 6.02. The number of hydrogen-bond acceptors (Lipinski definition) is 3. The van der Waals surface area contributed by atoms with Gasteiger partial charge in [0.15, 0.2) is 11.6 Å². The van der Waals surface area contributed by atoms with E-state index >= 15 is 0 Å². The summed E-state index contributed by atoms with van der Waals surface area (Å²) in [6, 6.07) is 2.98. The van der Waals surface area contributed by atoms with Crippen LogP contribution in [0.15, 0.2) is 12.1 Å². The lowest BCUT2D eigenvalue weighted by atomic mass is 10.1. The average Bonchev–Trinajstić information content (AvgIpc) is 2.62. The molecule has 0 bridgehead atoms. The maximum atomic E-state index is 13.7. The average molecular weight is 293 g/mol. The number of aryl methyl sites for hydroxylation is 1. The second-order valence-electron chi connectivity index (χ2n) is 6.02. The van der Waals surface area contributed by atoms with Gasteiger partial charge in [-0.1, -0.05) is 0 Å². The number of H-pyrrole nitrogens is 1. The van der Waals surface area contributed by atoms with Gasteiger partial charge in [-0.2, -0.15) is 0 Å². The van der Waals surface area contributed by atoms with Crippen LogP contribution in [0, 0.1) is 12.7 Å². The first-order valence-electron chi connectivity index (χ1n) is 6.78. The Kier molecular flexibility index (Phi) is 3.94. The zero-order chi connectivity index (χ0) is 15.8. The Morgan fingerprint density at radius 3 is 2.57 bits per heavy atom. The van der Waals surface area contributed by atoms with Crippen molar-refractivity contribution in [3.63, 3.8) is 0 Å². The minimum Gasteiger partial charge on any atom is -0.494 e. The van der Waals surface area contributed by atoms with Crippen LogP contribution in [-0.2, 0) is 16.0 Å². The summed E-state index contributed by atoms with van der Waals surface area (Å²) in [6.07, 6.45) is 0.137. The minimum absolute atomic E-state index is 0.137. The van der Waals surface area contributed by atoms with Crippen molar-refractivity contribution in [2.24, 2.45) is 0 Å². The molecule has 0 unspecified atom stereocenters. The maximum absolute atomic E-state index is 13.7. The lowest BCUT2D eigenvalue weighted by Gasteiger charge is -2.19. The summed E-state index contributed by atoms with van der Waals surface area (Å²) < 4.78 is 24.0. The van der Waals surface area contributed by atoms with Crippen molar-refractivity contribution < 1.29 is 18.7 Å². The molecular weight excluding hydrogens is 273 g/mol. The van der Waals surface area contributed by atoms with E-state index in [0.29, 0.717) is 5.52 Å². The SMILES string of the molecule is COc1cc2c(CC(=O)OC(C)(C)C)c(C)[nH]c2cc1F. The molecule has 0 aliphatic heterocycles. The Labute approximate surface area is 123 Å². The van der Waals surface area contributed by atoms with Crippen LogP contribution in [0.5, 0.6) is 5.75 Å². The second kappa shape index (κ2) is 5.39. The van der Waals surface area contributed by atoms with Crippen molar-refractivity contribution in [3.05, 3.63) is 29.2 Å². The third kappa shape index (κ3) is 3.35. The molecule has 0 atom stereocenters. The van der Waals surface area contributed by atoms with E-state index in [4.69, 9.17) is 9.47 Å². The molecule has 0 aliphatic rings. The van der Waals surface area contributed by atoms with E-state index in [9.17, 15) is 9.18 Å². The van der Waals surface area contributed by atoms with Gasteiger partial charge in [-0.15, -0.1) is 0 Å². The summed E-state index contributed by atoms with van der Waals surface area (Å²) in [7, 11) is 1.41. The zero-order valence-corrected chi connectivity index (χ0v) is 13.0. The van der Waals surface area contributed by atoms with Crippen LogP contribution < -0.4 is 4.74 Å². The van der Waals surface area contributed by atoms with Crippen LogP contribution in [0.3, 0.4) is 0 Å². The molecule has 0 spiro atoms. The molecule has 1 heterocycles. The highest BCUT2D eigenvalue weighted by Gasteiger charge is 2.20. The highest BCUT2D eigenvalue weighted by Crippen LogP contribution is 2.29. The Hall–Kier alpha value is -2.04. The van der Waals surface area contributed by atoms with Gasteiger partial charge in [-0.05, 0) is 39.3 Å². The number of carbonyl (C=O) groups excluding carboxylic acids is 1. The van der Waals surface area contributed by atoms with Crippen LogP contribution in [-0.4, -0.2) is 23.7 Å². The molecule has 5 heteroatoms. The molecule has 1 aromatic heterocycles. The molecule has 114 valence electrons. The Bertz CT molecular complexity index is 683. The predicted molar refractivity (Wildman–Crippen MR) is 79.1 cm³/mol. The molecule has 2 aromatic rings. The van der Waals surface area contributed by atoms with Gasteiger partial charge in [0, 0.05) is 22.7 Å². The first-order chi connectivity index (χ1) is 9.71. The third-order valence-corrected chi connectivity index (χ3v) is 3.13. The number of methoxy groups -OCH3 is 1. The van der Waals surface area contributed by atoms with Crippen molar-refractivity contribution in [1.29, 1.82) is 0 Å². The summed E-state index contributed by atoms with van der Waals surface area (Å²) in [6.45, 7) is 7.33. The number of aromatic amines is 1. The predicted octanol–water partition coefficient (Wildman–Crippen LogP) is 3.51. The van der Waals surface area contributed by atoms with Gasteiger partial charge in [-0.25, -0.2) is 4.39 Å². The molecule has 4 nitrogen and oxygen atoms in total. The number of hydrogen-bond donors (Lipinski definition) is 1. The molecule has 0 saturated heterocycles. The first-order valence-corrected chi connectivity index (χ1v) is 6.78. The number of fused-ring (bicyclic) bond motifs is 1. The molecule has 0 amide bonds. The molecule has 0 radical (unpaired) electrons. The number of nitrogens with one attached hydrogen (secondary N) is 1. The molecular formula is C16H20FNO3. The monoisotopic (exact) mass is 293 g/mol. The van der Waals surface area contributed by atoms with Crippen LogP contribution in [0.1, 0.15) is 32.0 Å². The largest absolute Gasteiger partial charge is 0.494 e. The lowest BCUT2D eigenvalue weighted by molar-refractivity contribution is -0.153. The molecule has 0 aliphatic carbocycles. The fourth-order valence-electron chi connectivity index (χ4n) is 2.29. The van der Waals surface area contributed by atoms with Gasteiger partial charge in [0.25, 0.3) is 0 Å². The fourth-order valence-corrected chi connectivity index (χ4v) is 2.29. The molecule has 0 fully saturated rings. The van der Waals surface area contributed by atoms with E-state index in [1.54, 1.807) is 6.07 Å². The number of rotatable bonds is 3. The van der Waals surface area contributed by atoms with Gasteiger partial charge in [0.05, 0.1) is 13.5 Å². The maximum Gasteiger partial charge on any atom is 0.310 e. The van der Waals surface area contributed by atoms with Crippen LogP contribution in [0.2, 0.25) is 0 Å². The first kappa shape index (κ1) is 15.4. The number of carbonyl (C=O) groups is 1. The molecule has 21 heavy (non-hydrogen) atoms. The smallest absolute Gasteiger partial charge is 0.310 e. The summed E-state index contributed by atoms with van der Waals surface area (Å²) >= 11 is 0. The number of esters is 1. The summed E-state index contributed by atoms with van der Waals surface area (Å²) in [5.74, 6) is -0.586. The minimum atomic E-state index is -0.527. The standard InChI is InChI=1S/C16H20FNO3/c1-9-10(7-15(19)21-16(2,3)4)11-6-14(20-5)12(17)8-13(11)18-9/h6,8,18H,7H2,1-5H3. The lowest BCUT2D eigenvalue weighted by Crippen LogP contribution is -2.25.